The second-order valence-corrected chi connectivity index (χ2v) is 8.16. The van der Waals surface area contributed by atoms with E-state index in [2.05, 4.69) is 84.7 Å². The van der Waals surface area contributed by atoms with Crippen molar-refractivity contribution in [1.29, 1.82) is 0 Å². The summed E-state index contributed by atoms with van der Waals surface area (Å²) in [5.41, 5.74) is 3.91. The normalized spacial score (nSPS) is 15.7. The second kappa shape index (κ2) is 10.8. The summed E-state index contributed by atoms with van der Waals surface area (Å²) in [4.78, 5) is 11.1. The van der Waals surface area contributed by atoms with Crippen LogP contribution in [0.1, 0.15) is 29.5 Å². The molecule has 3 aromatic rings. The van der Waals surface area contributed by atoms with Gasteiger partial charge in [-0.2, -0.15) is 0 Å². The minimum atomic E-state index is 0.468. The van der Waals surface area contributed by atoms with Gasteiger partial charge in [0, 0.05) is 58.2 Å². The van der Waals surface area contributed by atoms with E-state index in [1.165, 1.54) is 16.7 Å². The van der Waals surface area contributed by atoms with Crippen molar-refractivity contribution < 1.29 is 0 Å². The average molecular weight is 417 g/mol. The highest BCUT2D eigenvalue weighted by atomic mass is 15.2. The van der Waals surface area contributed by atoms with E-state index in [-0.39, 0.29) is 0 Å². The third kappa shape index (κ3) is 6.43. The summed E-state index contributed by atoms with van der Waals surface area (Å²) in [6.07, 6.45) is 7.91. The van der Waals surface area contributed by atoms with E-state index in [0.717, 1.165) is 51.5 Å². The van der Waals surface area contributed by atoms with E-state index in [1.807, 2.05) is 25.8 Å². The van der Waals surface area contributed by atoms with Crippen LogP contribution in [-0.2, 0) is 19.6 Å². The molecule has 6 nitrogen and oxygen atoms in total. The number of guanidine groups is 1. The molecule has 31 heavy (non-hydrogen) atoms. The van der Waals surface area contributed by atoms with Crippen molar-refractivity contribution in [1.82, 2.24) is 25.1 Å². The van der Waals surface area contributed by atoms with Crippen molar-refractivity contribution in [3.8, 4) is 0 Å². The van der Waals surface area contributed by atoms with Crippen molar-refractivity contribution >= 4 is 5.96 Å². The van der Waals surface area contributed by atoms with Gasteiger partial charge in [0.2, 0.25) is 0 Å². The molecule has 0 atom stereocenters. The van der Waals surface area contributed by atoms with Gasteiger partial charge in [0.15, 0.2) is 5.96 Å². The van der Waals surface area contributed by atoms with E-state index in [4.69, 9.17) is 0 Å². The Labute approximate surface area is 185 Å². The van der Waals surface area contributed by atoms with Gasteiger partial charge in [0.1, 0.15) is 0 Å². The molecule has 1 aliphatic rings. The molecule has 2 heterocycles. The maximum absolute atomic E-state index is 4.42. The second-order valence-electron chi connectivity index (χ2n) is 8.16. The SMILES string of the molecule is CN=C(NCc1ccc(Cn2ccnc2)cc1)NC1CCN(Cc2ccccc2)CC1. The molecular weight excluding hydrogens is 384 g/mol. The molecule has 2 N–H and O–H groups in total. The number of aromatic nitrogens is 2. The highest BCUT2D eigenvalue weighted by molar-refractivity contribution is 5.79. The fourth-order valence-electron chi connectivity index (χ4n) is 4.00. The van der Waals surface area contributed by atoms with Crippen molar-refractivity contribution in [2.24, 2.45) is 4.99 Å². The maximum atomic E-state index is 4.42. The number of hydrogen-bond donors (Lipinski definition) is 2. The van der Waals surface area contributed by atoms with Gasteiger partial charge in [-0.05, 0) is 29.5 Å². The number of imidazole rings is 1. The summed E-state index contributed by atoms with van der Waals surface area (Å²) in [6, 6.07) is 19.9. The molecule has 6 heteroatoms. The van der Waals surface area contributed by atoms with Crippen LogP contribution in [0.2, 0.25) is 0 Å². The molecule has 0 unspecified atom stereocenters. The summed E-state index contributed by atoms with van der Waals surface area (Å²) in [5, 5.41) is 7.06. The maximum Gasteiger partial charge on any atom is 0.191 e. The first kappa shape index (κ1) is 21.1. The molecule has 0 amide bonds. The van der Waals surface area contributed by atoms with Crippen LogP contribution in [0, 0.1) is 0 Å². The Morgan fingerprint density at radius 3 is 2.35 bits per heavy atom. The van der Waals surface area contributed by atoms with Crippen LogP contribution in [0.3, 0.4) is 0 Å². The van der Waals surface area contributed by atoms with Crippen LogP contribution >= 0.6 is 0 Å². The molecule has 0 aliphatic carbocycles. The number of aliphatic imine (C=N–C) groups is 1. The summed E-state index contributed by atoms with van der Waals surface area (Å²) >= 11 is 0. The summed E-state index contributed by atoms with van der Waals surface area (Å²) < 4.78 is 2.07. The highest BCUT2D eigenvalue weighted by Gasteiger charge is 2.20. The zero-order valence-electron chi connectivity index (χ0n) is 18.2. The largest absolute Gasteiger partial charge is 0.354 e. The van der Waals surface area contributed by atoms with Gasteiger partial charge in [-0.1, -0.05) is 54.6 Å². The van der Waals surface area contributed by atoms with Crippen molar-refractivity contribution in [2.75, 3.05) is 20.1 Å². The van der Waals surface area contributed by atoms with Gasteiger partial charge in [-0.3, -0.25) is 9.89 Å². The fraction of sp³-hybridized carbons (Fsp3) is 0.360. The predicted octanol–water partition coefficient (Wildman–Crippen LogP) is 3.26. The van der Waals surface area contributed by atoms with Crippen LogP contribution in [0.25, 0.3) is 0 Å². The first-order valence-electron chi connectivity index (χ1n) is 11.1. The van der Waals surface area contributed by atoms with Crippen molar-refractivity contribution in [3.05, 3.63) is 90.0 Å². The number of piperidine rings is 1. The Bertz CT molecular complexity index is 926. The van der Waals surface area contributed by atoms with Crippen molar-refractivity contribution in [2.45, 2.75) is 38.5 Å². The summed E-state index contributed by atoms with van der Waals surface area (Å²) in [6.45, 7) is 4.87. The van der Waals surface area contributed by atoms with Gasteiger partial charge in [-0.15, -0.1) is 0 Å². The Morgan fingerprint density at radius 1 is 0.968 bits per heavy atom. The summed E-state index contributed by atoms with van der Waals surface area (Å²) in [7, 11) is 1.84. The average Bonchev–Trinajstić information content (AvgIpc) is 3.32. The predicted molar refractivity (Wildman–Crippen MR) is 126 cm³/mol. The lowest BCUT2D eigenvalue weighted by Gasteiger charge is -2.33. The van der Waals surface area contributed by atoms with E-state index >= 15 is 0 Å². The standard InChI is InChI=1S/C25H32N6/c1-26-25(28-17-21-7-9-23(10-8-21)19-31-16-13-27-20-31)29-24-11-14-30(15-12-24)18-22-5-3-2-4-6-22/h2-10,13,16,20,24H,11-12,14-15,17-19H2,1H3,(H2,26,28,29). The van der Waals surface area contributed by atoms with Crippen LogP contribution in [-0.4, -0.2) is 46.6 Å². The minimum absolute atomic E-state index is 0.468. The van der Waals surface area contributed by atoms with Gasteiger partial charge in [0.25, 0.3) is 0 Å². The molecule has 0 bridgehead atoms. The molecule has 4 rings (SSSR count). The van der Waals surface area contributed by atoms with Crippen LogP contribution in [0.15, 0.2) is 78.3 Å². The molecule has 1 saturated heterocycles. The number of benzene rings is 2. The number of nitrogens with zero attached hydrogens (tertiary/aromatic N) is 4. The first-order chi connectivity index (χ1) is 15.3. The lowest BCUT2D eigenvalue weighted by Crippen LogP contribution is -2.48. The molecule has 1 fully saturated rings. The Balaban J connectivity index is 1.19. The first-order valence-corrected chi connectivity index (χ1v) is 11.1. The molecule has 162 valence electrons. The van der Waals surface area contributed by atoms with Gasteiger partial charge >= 0.3 is 0 Å². The van der Waals surface area contributed by atoms with Crippen molar-refractivity contribution in [3.63, 3.8) is 0 Å². The highest BCUT2D eigenvalue weighted by Crippen LogP contribution is 2.14. The molecule has 1 aliphatic heterocycles. The number of hydrogen-bond acceptors (Lipinski definition) is 3. The zero-order valence-corrected chi connectivity index (χ0v) is 18.2. The lowest BCUT2D eigenvalue weighted by atomic mass is 10.0. The Morgan fingerprint density at radius 2 is 1.68 bits per heavy atom. The Kier molecular flexibility index (Phi) is 7.34. The third-order valence-electron chi connectivity index (χ3n) is 5.81. The van der Waals surface area contributed by atoms with Gasteiger partial charge < -0.3 is 15.2 Å². The minimum Gasteiger partial charge on any atom is -0.354 e. The summed E-state index contributed by atoms with van der Waals surface area (Å²) in [5.74, 6) is 0.879. The van der Waals surface area contributed by atoms with Crippen LogP contribution < -0.4 is 10.6 Å². The van der Waals surface area contributed by atoms with Crippen LogP contribution in [0.5, 0.6) is 0 Å². The number of rotatable bonds is 7. The molecule has 0 radical (unpaired) electrons. The molecule has 1 aromatic heterocycles. The smallest absolute Gasteiger partial charge is 0.191 e. The van der Waals surface area contributed by atoms with E-state index in [1.54, 1.807) is 0 Å². The van der Waals surface area contributed by atoms with E-state index in [9.17, 15) is 0 Å². The number of nitrogens with one attached hydrogen (secondary N) is 2. The third-order valence-corrected chi connectivity index (χ3v) is 5.81. The van der Waals surface area contributed by atoms with Gasteiger partial charge in [-0.25, -0.2) is 4.98 Å². The van der Waals surface area contributed by atoms with Crippen LogP contribution in [0.4, 0.5) is 0 Å². The Hall–Kier alpha value is -3.12. The molecule has 0 spiro atoms. The van der Waals surface area contributed by atoms with Gasteiger partial charge in [0.05, 0.1) is 6.33 Å². The fourth-order valence-corrected chi connectivity index (χ4v) is 4.00. The topological polar surface area (TPSA) is 57.5 Å². The number of likely N-dealkylation sites (tertiary alicyclic amines) is 1. The lowest BCUT2D eigenvalue weighted by molar-refractivity contribution is 0.198. The zero-order chi connectivity index (χ0) is 21.3. The monoisotopic (exact) mass is 416 g/mol. The van der Waals surface area contributed by atoms with E-state index in [0.29, 0.717) is 6.04 Å². The quantitative estimate of drug-likeness (QED) is 0.459. The molecule has 2 aromatic carbocycles. The molecular formula is C25H32N6. The van der Waals surface area contributed by atoms with E-state index < -0.39 is 0 Å². The molecule has 0 saturated carbocycles.